The Hall–Kier alpha value is -0.750. The van der Waals surface area contributed by atoms with Gasteiger partial charge in [-0.05, 0) is 19.3 Å². The van der Waals surface area contributed by atoms with Crippen molar-refractivity contribution in [1.82, 2.24) is 0 Å². The molecule has 1 saturated carbocycles. The zero-order valence-corrected chi connectivity index (χ0v) is 9.42. The maximum absolute atomic E-state index is 13.1. The predicted molar refractivity (Wildman–Crippen MR) is 53.9 cm³/mol. The van der Waals surface area contributed by atoms with E-state index in [1.54, 1.807) is 0 Å². The number of aliphatic hydroxyl groups is 1. The standard InChI is InChI=1S/C11H16F2O4/c12-11(13)3-1-10(16,2-4-11)9(8(14)15)5-6-17-7-9/h16H,1-7H2,(H,14,15). The van der Waals surface area contributed by atoms with Crippen LogP contribution in [-0.4, -0.2) is 40.9 Å². The van der Waals surface area contributed by atoms with Crippen molar-refractivity contribution >= 4 is 5.97 Å². The number of alkyl halides is 2. The van der Waals surface area contributed by atoms with Crippen molar-refractivity contribution in [2.75, 3.05) is 13.2 Å². The molecule has 0 aromatic rings. The molecular weight excluding hydrogens is 234 g/mol. The summed E-state index contributed by atoms with van der Waals surface area (Å²) in [6.07, 6.45) is -1.10. The van der Waals surface area contributed by atoms with Gasteiger partial charge in [0.05, 0.1) is 12.2 Å². The van der Waals surface area contributed by atoms with E-state index >= 15 is 0 Å². The van der Waals surface area contributed by atoms with Crippen LogP contribution in [0.1, 0.15) is 32.1 Å². The molecule has 98 valence electrons. The molecule has 6 heteroatoms. The molecule has 1 atom stereocenters. The summed E-state index contributed by atoms with van der Waals surface area (Å²) < 4.78 is 31.2. The van der Waals surface area contributed by atoms with Crippen LogP contribution in [0.15, 0.2) is 0 Å². The van der Waals surface area contributed by atoms with Gasteiger partial charge in [0.1, 0.15) is 5.41 Å². The smallest absolute Gasteiger partial charge is 0.315 e. The van der Waals surface area contributed by atoms with Gasteiger partial charge in [-0.1, -0.05) is 0 Å². The van der Waals surface area contributed by atoms with E-state index in [4.69, 9.17) is 4.74 Å². The molecule has 1 aliphatic carbocycles. The van der Waals surface area contributed by atoms with Crippen LogP contribution in [0.4, 0.5) is 8.78 Å². The third kappa shape index (κ3) is 1.93. The molecule has 0 spiro atoms. The van der Waals surface area contributed by atoms with E-state index in [1.807, 2.05) is 0 Å². The Bertz CT molecular complexity index is 313. The summed E-state index contributed by atoms with van der Waals surface area (Å²) in [6.45, 7) is 0.162. The maximum Gasteiger partial charge on any atom is 0.315 e. The van der Waals surface area contributed by atoms with E-state index in [-0.39, 0.29) is 32.5 Å². The lowest BCUT2D eigenvalue weighted by molar-refractivity contribution is -0.188. The summed E-state index contributed by atoms with van der Waals surface area (Å²) in [4.78, 5) is 11.4. The topological polar surface area (TPSA) is 66.8 Å². The highest BCUT2D eigenvalue weighted by Gasteiger charge is 2.60. The van der Waals surface area contributed by atoms with Gasteiger partial charge < -0.3 is 14.9 Å². The first-order valence-electron chi connectivity index (χ1n) is 5.73. The molecule has 0 aromatic carbocycles. The van der Waals surface area contributed by atoms with Crippen molar-refractivity contribution < 1.29 is 28.5 Å². The monoisotopic (exact) mass is 250 g/mol. The molecular formula is C11H16F2O4. The summed E-state index contributed by atoms with van der Waals surface area (Å²) in [5.41, 5.74) is -2.99. The number of hydrogen-bond donors (Lipinski definition) is 2. The highest BCUT2D eigenvalue weighted by Crippen LogP contribution is 2.50. The number of carboxylic acid groups (broad SMARTS) is 1. The normalized spacial score (nSPS) is 35.7. The number of aliphatic carboxylic acids is 1. The van der Waals surface area contributed by atoms with Crippen LogP contribution >= 0.6 is 0 Å². The maximum atomic E-state index is 13.1. The minimum atomic E-state index is -2.79. The second-order valence-corrected chi connectivity index (χ2v) is 5.08. The number of carbonyl (C=O) groups is 1. The molecule has 17 heavy (non-hydrogen) atoms. The summed E-state index contributed by atoms with van der Waals surface area (Å²) in [6, 6.07) is 0. The third-order valence-electron chi connectivity index (χ3n) is 4.13. The van der Waals surface area contributed by atoms with Crippen LogP contribution in [0.25, 0.3) is 0 Å². The molecule has 4 nitrogen and oxygen atoms in total. The van der Waals surface area contributed by atoms with E-state index in [0.29, 0.717) is 0 Å². The summed E-state index contributed by atoms with van der Waals surface area (Å²) in [5, 5.41) is 19.7. The summed E-state index contributed by atoms with van der Waals surface area (Å²) >= 11 is 0. The van der Waals surface area contributed by atoms with Gasteiger partial charge in [-0.2, -0.15) is 0 Å². The zero-order chi connectivity index (χ0) is 12.7. The number of halogens is 2. The largest absolute Gasteiger partial charge is 0.481 e. The molecule has 1 heterocycles. The molecule has 2 rings (SSSR count). The Kier molecular flexibility index (Phi) is 2.90. The average Bonchev–Trinajstić information content (AvgIpc) is 2.73. The Morgan fingerprint density at radius 2 is 1.71 bits per heavy atom. The number of rotatable bonds is 2. The Labute approximate surface area is 97.6 Å². The van der Waals surface area contributed by atoms with Gasteiger partial charge in [-0.3, -0.25) is 4.79 Å². The van der Waals surface area contributed by atoms with Gasteiger partial charge in [0, 0.05) is 19.4 Å². The number of ether oxygens (including phenoxy) is 1. The van der Waals surface area contributed by atoms with Crippen LogP contribution < -0.4 is 0 Å². The van der Waals surface area contributed by atoms with E-state index in [1.165, 1.54) is 0 Å². The van der Waals surface area contributed by atoms with Crippen LogP contribution in [0.2, 0.25) is 0 Å². The number of carboxylic acids is 1. The lowest BCUT2D eigenvalue weighted by atomic mass is 9.64. The highest BCUT2D eigenvalue weighted by atomic mass is 19.3. The van der Waals surface area contributed by atoms with Gasteiger partial charge in [-0.15, -0.1) is 0 Å². The third-order valence-corrected chi connectivity index (χ3v) is 4.13. The Morgan fingerprint density at radius 3 is 2.12 bits per heavy atom. The molecule has 2 N–H and O–H groups in total. The first-order chi connectivity index (χ1) is 7.81. The van der Waals surface area contributed by atoms with Crippen LogP contribution in [-0.2, 0) is 9.53 Å². The summed E-state index contributed by atoms with van der Waals surface area (Å²) in [7, 11) is 0. The first-order valence-corrected chi connectivity index (χ1v) is 5.73. The van der Waals surface area contributed by atoms with E-state index in [0.717, 1.165) is 0 Å². The minimum Gasteiger partial charge on any atom is -0.481 e. The SMILES string of the molecule is O=C(O)C1(C2(O)CCC(F)(F)CC2)CCOC1. The van der Waals surface area contributed by atoms with E-state index in [9.17, 15) is 23.8 Å². The van der Waals surface area contributed by atoms with Crippen molar-refractivity contribution in [2.45, 2.75) is 43.6 Å². The van der Waals surface area contributed by atoms with Crippen molar-refractivity contribution in [3.05, 3.63) is 0 Å². The van der Waals surface area contributed by atoms with Crippen LogP contribution in [0.3, 0.4) is 0 Å². The van der Waals surface area contributed by atoms with E-state index < -0.39 is 35.7 Å². The second-order valence-electron chi connectivity index (χ2n) is 5.08. The fourth-order valence-corrected chi connectivity index (χ4v) is 2.81. The quantitative estimate of drug-likeness (QED) is 0.777. The van der Waals surface area contributed by atoms with Crippen molar-refractivity contribution in [1.29, 1.82) is 0 Å². The molecule has 2 aliphatic rings. The van der Waals surface area contributed by atoms with Crippen LogP contribution in [0, 0.1) is 5.41 Å². The average molecular weight is 250 g/mol. The molecule has 0 radical (unpaired) electrons. The molecule has 1 aliphatic heterocycles. The van der Waals surface area contributed by atoms with Gasteiger partial charge in [0.2, 0.25) is 5.92 Å². The van der Waals surface area contributed by atoms with Gasteiger partial charge in [0.15, 0.2) is 0 Å². The van der Waals surface area contributed by atoms with Gasteiger partial charge in [0.25, 0.3) is 0 Å². The van der Waals surface area contributed by atoms with Crippen LogP contribution in [0.5, 0.6) is 0 Å². The zero-order valence-electron chi connectivity index (χ0n) is 9.42. The molecule has 1 unspecified atom stereocenters. The van der Waals surface area contributed by atoms with Gasteiger partial charge in [-0.25, -0.2) is 8.78 Å². The Morgan fingerprint density at radius 1 is 1.12 bits per heavy atom. The lowest BCUT2D eigenvalue weighted by Crippen LogP contribution is -2.56. The number of hydrogen-bond acceptors (Lipinski definition) is 3. The fourth-order valence-electron chi connectivity index (χ4n) is 2.81. The fraction of sp³-hybridized carbons (Fsp3) is 0.909. The van der Waals surface area contributed by atoms with Gasteiger partial charge >= 0.3 is 5.97 Å². The highest BCUT2D eigenvalue weighted by molar-refractivity contribution is 5.77. The summed E-state index contributed by atoms with van der Waals surface area (Å²) in [5.74, 6) is -3.94. The molecule has 0 bridgehead atoms. The molecule has 2 fully saturated rings. The van der Waals surface area contributed by atoms with Crippen molar-refractivity contribution in [2.24, 2.45) is 5.41 Å². The second kappa shape index (κ2) is 3.88. The minimum absolute atomic E-state index is 0.0929. The molecule has 0 amide bonds. The van der Waals surface area contributed by atoms with E-state index in [2.05, 4.69) is 0 Å². The molecule has 0 aromatic heterocycles. The Balaban J connectivity index is 2.22. The predicted octanol–water partition coefficient (Wildman–Crippen LogP) is 1.42. The van der Waals surface area contributed by atoms with Crippen molar-refractivity contribution in [3.63, 3.8) is 0 Å². The van der Waals surface area contributed by atoms with Crippen molar-refractivity contribution in [3.8, 4) is 0 Å². The molecule has 1 saturated heterocycles. The lowest BCUT2D eigenvalue weighted by Gasteiger charge is -2.45. The first kappa shape index (κ1) is 12.7.